The Kier molecular flexibility index (Phi) is 7.23. The molecule has 0 bridgehead atoms. The van der Waals surface area contributed by atoms with Crippen molar-refractivity contribution in [1.82, 2.24) is 10.3 Å². The standard InChI is InChI=1S/C21H18Cl2F3N3O2/c22-15-5-6-16(18(23)11-15)20(31)29-9-7-13(8-10-29)19(30)28-27-12-14-3-1-2-4-17(14)21(24,25)26/h1-6,11-13H,7-10H2,(H,28,30)/b27-12-. The predicted molar refractivity (Wildman–Crippen MR) is 112 cm³/mol. The van der Waals surface area contributed by atoms with E-state index >= 15 is 0 Å². The van der Waals surface area contributed by atoms with Crippen LogP contribution in [0.1, 0.15) is 34.3 Å². The van der Waals surface area contributed by atoms with Gasteiger partial charge in [-0.3, -0.25) is 9.59 Å². The molecule has 0 unspecified atom stereocenters. The van der Waals surface area contributed by atoms with Gasteiger partial charge in [-0.2, -0.15) is 18.3 Å². The van der Waals surface area contributed by atoms with Gasteiger partial charge in [0.2, 0.25) is 5.91 Å². The topological polar surface area (TPSA) is 61.8 Å². The summed E-state index contributed by atoms with van der Waals surface area (Å²) in [5, 5.41) is 4.36. The zero-order valence-corrected chi connectivity index (χ0v) is 17.6. The summed E-state index contributed by atoms with van der Waals surface area (Å²) in [5.74, 6) is -1.06. The van der Waals surface area contributed by atoms with E-state index in [2.05, 4.69) is 10.5 Å². The number of carbonyl (C=O) groups excluding carboxylic acids is 2. The summed E-state index contributed by atoms with van der Waals surface area (Å²) in [6, 6.07) is 9.58. The third-order valence-electron chi connectivity index (χ3n) is 4.96. The number of carbonyl (C=O) groups is 2. The van der Waals surface area contributed by atoms with Crippen molar-refractivity contribution in [1.29, 1.82) is 0 Å². The van der Waals surface area contributed by atoms with Gasteiger partial charge in [-0.25, -0.2) is 5.43 Å². The van der Waals surface area contributed by atoms with E-state index in [0.29, 0.717) is 36.5 Å². The largest absolute Gasteiger partial charge is 0.417 e. The number of likely N-dealkylation sites (tertiary alicyclic amines) is 1. The first-order valence-electron chi connectivity index (χ1n) is 9.40. The maximum atomic E-state index is 13.0. The monoisotopic (exact) mass is 471 g/mol. The Morgan fingerprint density at radius 3 is 2.42 bits per heavy atom. The van der Waals surface area contributed by atoms with E-state index in [1.54, 1.807) is 17.0 Å². The number of alkyl halides is 3. The van der Waals surface area contributed by atoms with Crippen LogP contribution in [0.5, 0.6) is 0 Å². The minimum atomic E-state index is -4.51. The first-order valence-corrected chi connectivity index (χ1v) is 10.2. The highest BCUT2D eigenvalue weighted by molar-refractivity contribution is 6.36. The Hall–Kier alpha value is -2.58. The molecule has 2 amide bonds. The van der Waals surface area contributed by atoms with Gasteiger partial charge in [0.05, 0.1) is 22.4 Å². The van der Waals surface area contributed by atoms with Crippen LogP contribution in [0.25, 0.3) is 0 Å². The highest BCUT2D eigenvalue weighted by Crippen LogP contribution is 2.31. The second kappa shape index (κ2) is 9.70. The van der Waals surface area contributed by atoms with Gasteiger partial charge in [-0.1, -0.05) is 41.4 Å². The fourth-order valence-corrected chi connectivity index (χ4v) is 3.79. The second-order valence-corrected chi connectivity index (χ2v) is 7.85. The molecular weight excluding hydrogens is 454 g/mol. The van der Waals surface area contributed by atoms with Gasteiger partial charge in [0.15, 0.2) is 0 Å². The SMILES string of the molecule is O=C(N/N=C\c1ccccc1C(F)(F)F)C1CCN(C(=O)c2ccc(Cl)cc2Cl)CC1. The summed E-state index contributed by atoms with van der Waals surface area (Å²) < 4.78 is 39.0. The first-order chi connectivity index (χ1) is 14.7. The Morgan fingerprint density at radius 2 is 1.77 bits per heavy atom. The summed E-state index contributed by atoms with van der Waals surface area (Å²) in [5.41, 5.74) is 1.65. The molecule has 0 atom stereocenters. The van der Waals surface area contributed by atoms with E-state index in [9.17, 15) is 22.8 Å². The van der Waals surface area contributed by atoms with Crippen molar-refractivity contribution in [3.05, 3.63) is 69.2 Å². The molecule has 1 N–H and O–H groups in total. The molecule has 1 aliphatic rings. The lowest BCUT2D eigenvalue weighted by molar-refractivity contribution is -0.137. The van der Waals surface area contributed by atoms with E-state index in [1.165, 1.54) is 24.3 Å². The molecule has 1 saturated heterocycles. The molecule has 10 heteroatoms. The number of hydrogen-bond donors (Lipinski definition) is 1. The molecule has 0 aliphatic carbocycles. The minimum Gasteiger partial charge on any atom is -0.339 e. The number of halogens is 5. The molecule has 0 aromatic heterocycles. The number of piperidine rings is 1. The molecule has 1 fully saturated rings. The summed E-state index contributed by atoms with van der Waals surface area (Å²) in [6.45, 7) is 0.687. The molecule has 0 radical (unpaired) electrons. The maximum Gasteiger partial charge on any atom is 0.417 e. The van der Waals surface area contributed by atoms with Crippen molar-refractivity contribution in [3.63, 3.8) is 0 Å². The summed E-state index contributed by atoms with van der Waals surface area (Å²) in [7, 11) is 0. The van der Waals surface area contributed by atoms with Gasteiger partial charge < -0.3 is 4.90 Å². The van der Waals surface area contributed by atoms with Crippen molar-refractivity contribution >= 4 is 41.2 Å². The van der Waals surface area contributed by atoms with Crippen molar-refractivity contribution in [2.24, 2.45) is 11.0 Å². The number of rotatable bonds is 4. The maximum absolute atomic E-state index is 13.0. The molecule has 0 spiro atoms. The molecule has 2 aromatic rings. The zero-order chi connectivity index (χ0) is 22.6. The van der Waals surface area contributed by atoms with Crippen LogP contribution in [0, 0.1) is 5.92 Å². The fourth-order valence-electron chi connectivity index (χ4n) is 3.30. The molecule has 5 nitrogen and oxygen atoms in total. The predicted octanol–water partition coefficient (Wildman–Crippen LogP) is 5.01. The van der Waals surface area contributed by atoms with E-state index in [4.69, 9.17) is 23.2 Å². The summed E-state index contributed by atoms with van der Waals surface area (Å²) >= 11 is 11.9. The number of benzene rings is 2. The van der Waals surface area contributed by atoms with Crippen LogP contribution in [-0.2, 0) is 11.0 Å². The van der Waals surface area contributed by atoms with Gasteiger partial charge in [-0.15, -0.1) is 0 Å². The Labute approximate surface area is 186 Å². The molecule has 31 heavy (non-hydrogen) atoms. The number of nitrogens with one attached hydrogen (secondary N) is 1. The zero-order valence-electron chi connectivity index (χ0n) is 16.1. The van der Waals surface area contributed by atoms with Gasteiger partial charge in [0, 0.05) is 29.6 Å². The van der Waals surface area contributed by atoms with Crippen LogP contribution < -0.4 is 5.43 Å². The van der Waals surface area contributed by atoms with E-state index in [-0.39, 0.29) is 16.5 Å². The van der Waals surface area contributed by atoms with Crippen LogP contribution in [0.15, 0.2) is 47.6 Å². The molecule has 1 aliphatic heterocycles. The Balaban J connectivity index is 1.55. The number of amides is 2. The third kappa shape index (κ3) is 5.77. The van der Waals surface area contributed by atoms with Gasteiger partial charge in [0.25, 0.3) is 5.91 Å². The highest BCUT2D eigenvalue weighted by atomic mass is 35.5. The molecule has 2 aromatic carbocycles. The van der Waals surface area contributed by atoms with Crippen LogP contribution >= 0.6 is 23.2 Å². The molecule has 3 rings (SSSR count). The average molecular weight is 472 g/mol. The quantitative estimate of drug-likeness (QED) is 0.502. The van der Waals surface area contributed by atoms with Crippen molar-refractivity contribution in [2.45, 2.75) is 19.0 Å². The second-order valence-electron chi connectivity index (χ2n) is 7.01. The number of nitrogens with zero attached hydrogens (tertiary/aromatic N) is 2. The van der Waals surface area contributed by atoms with Gasteiger partial charge in [-0.05, 0) is 37.1 Å². The molecular formula is C21H18Cl2F3N3O2. The Bertz CT molecular complexity index is 1000. The molecule has 164 valence electrons. The van der Waals surface area contributed by atoms with Crippen molar-refractivity contribution in [3.8, 4) is 0 Å². The number of hydrogen-bond acceptors (Lipinski definition) is 3. The van der Waals surface area contributed by atoms with Crippen LogP contribution in [0.2, 0.25) is 10.0 Å². The minimum absolute atomic E-state index is 0.143. The lowest BCUT2D eigenvalue weighted by Crippen LogP contribution is -2.42. The van der Waals surface area contributed by atoms with Gasteiger partial charge in [0.1, 0.15) is 0 Å². The molecule has 1 heterocycles. The summed E-state index contributed by atoms with van der Waals surface area (Å²) in [4.78, 5) is 26.6. The fraction of sp³-hybridized carbons (Fsp3) is 0.286. The number of hydrazone groups is 1. The van der Waals surface area contributed by atoms with Crippen molar-refractivity contribution in [2.75, 3.05) is 13.1 Å². The average Bonchev–Trinajstić information content (AvgIpc) is 2.73. The Morgan fingerprint density at radius 1 is 1.10 bits per heavy atom. The highest BCUT2D eigenvalue weighted by Gasteiger charge is 2.32. The van der Waals surface area contributed by atoms with Crippen molar-refractivity contribution < 1.29 is 22.8 Å². The van der Waals surface area contributed by atoms with E-state index in [0.717, 1.165) is 12.3 Å². The molecule has 0 saturated carbocycles. The van der Waals surface area contributed by atoms with Crippen LogP contribution in [0.3, 0.4) is 0 Å². The first kappa shape index (κ1) is 23.1. The third-order valence-corrected chi connectivity index (χ3v) is 5.51. The summed E-state index contributed by atoms with van der Waals surface area (Å²) in [6.07, 6.45) is -2.74. The smallest absolute Gasteiger partial charge is 0.339 e. The van der Waals surface area contributed by atoms with Crippen LogP contribution in [0.4, 0.5) is 13.2 Å². The normalized spacial score (nSPS) is 15.3. The van der Waals surface area contributed by atoms with E-state index in [1.807, 2.05) is 0 Å². The van der Waals surface area contributed by atoms with E-state index < -0.39 is 23.6 Å². The van der Waals surface area contributed by atoms with Crippen LogP contribution in [-0.4, -0.2) is 36.0 Å². The van der Waals surface area contributed by atoms with Gasteiger partial charge >= 0.3 is 6.18 Å². The lowest BCUT2D eigenvalue weighted by Gasteiger charge is -2.31. The lowest BCUT2D eigenvalue weighted by atomic mass is 9.95.